The number of hydrogen-bond acceptors (Lipinski definition) is 3. The van der Waals surface area contributed by atoms with Gasteiger partial charge in [-0.2, -0.15) is 0 Å². The Balaban J connectivity index is 1.49. The number of hydrogen-bond donors (Lipinski definition) is 1. The van der Waals surface area contributed by atoms with E-state index in [1.54, 1.807) is 7.11 Å². The molecule has 3 nitrogen and oxygen atoms in total. The van der Waals surface area contributed by atoms with Crippen LogP contribution in [0.25, 0.3) is 0 Å². The summed E-state index contributed by atoms with van der Waals surface area (Å²) < 4.78 is 5.31. The summed E-state index contributed by atoms with van der Waals surface area (Å²) in [4.78, 5) is 0. The van der Waals surface area contributed by atoms with Gasteiger partial charge in [0.2, 0.25) is 0 Å². The average Bonchev–Trinajstić information content (AvgIpc) is 2.58. The fraction of sp³-hybridized carbons (Fsp3) is 0.368. The summed E-state index contributed by atoms with van der Waals surface area (Å²) in [7, 11) is 1.73. The van der Waals surface area contributed by atoms with E-state index in [4.69, 9.17) is 4.74 Å². The summed E-state index contributed by atoms with van der Waals surface area (Å²) in [6, 6.07) is 18.9. The average molecular weight is 296 g/mol. The van der Waals surface area contributed by atoms with E-state index in [1.807, 2.05) is 12.1 Å². The van der Waals surface area contributed by atoms with Gasteiger partial charge in [-0.25, -0.2) is 5.01 Å². The molecule has 1 aliphatic rings. The van der Waals surface area contributed by atoms with Crippen molar-refractivity contribution in [3.63, 3.8) is 0 Å². The Morgan fingerprint density at radius 2 is 1.82 bits per heavy atom. The largest absolute Gasteiger partial charge is 0.497 e. The van der Waals surface area contributed by atoms with Crippen LogP contribution in [0.3, 0.4) is 0 Å². The molecular weight excluding hydrogens is 272 g/mol. The smallest absolute Gasteiger partial charge is 0.119 e. The van der Waals surface area contributed by atoms with Crippen molar-refractivity contribution in [2.75, 3.05) is 25.6 Å². The van der Waals surface area contributed by atoms with Crippen LogP contribution in [-0.2, 0) is 6.42 Å². The third-order valence-corrected chi connectivity index (χ3v) is 4.33. The van der Waals surface area contributed by atoms with Gasteiger partial charge in [-0.1, -0.05) is 30.3 Å². The molecule has 2 aromatic carbocycles. The van der Waals surface area contributed by atoms with E-state index < -0.39 is 0 Å². The normalized spacial score (nSPS) is 16.4. The molecule has 0 bridgehead atoms. The van der Waals surface area contributed by atoms with E-state index >= 15 is 0 Å². The van der Waals surface area contributed by atoms with E-state index in [9.17, 15) is 0 Å². The zero-order chi connectivity index (χ0) is 15.2. The van der Waals surface area contributed by atoms with Crippen LogP contribution >= 0.6 is 0 Å². The standard InChI is InChI=1S/C19H24N2O/c1-22-19-9-5-6-17(15-19)14-16-10-12-21(13-11-16)20-18-7-3-2-4-8-18/h2-9,15-16,20H,10-14H2,1H3. The number of methoxy groups -OCH3 is 1. The van der Waals surface area contributed by atoms with Gasteiger partial charge < -0.3 is 10.2 Å². The molecule has 0 unspecified atom stereocenters. The maximum absolute atomic E-state index is 5.31. The van der Waals surface area contributed by atoms with Crippen LogP contribution in [0.15, 0.2) is 54.6 Å². The van der Waals surface area contributed by atoms with Crippen molar-refractivity contribution < 1.29 is 4.74 Å². The van der Waals surface area contributed by atoms with Gasteiger partial charge in [-0.3, -0.25) is 0 Å². The lowest BCUT2D eigenvalue weighted by molar-refractivity contribution is 0.216. The first-order valence-corrected chi connectivity index (χ1v) is 8.03. The Kier molecular flexibility index (Phi) is 4.96. The minimum absolute atomic E-state index is 0.765. The molecule has 0 spiro atoms. The van der Waals surface area contributed by atoms with Gasteiger partial charge in [0.05, 0.1) is 7.11 Å². The van der Waals surface area contributed by atoms with Crippen molar-refractivity contribution in [2.45, 2.75) is 19.3 Å². The minimum Gasteiger partial charge on any atom is -0.497 e. The second-order valence-corrected chi connectivity index (χ2v) is 5.96. The predicted molar refractivity (Wildman–Crippen MR) is 91.1 cm³/mol. The van der Waals surface area contributed by atoms with E-state index in [2.05, 4.69) is 52.9 Å². The van der Waals surface area contributed by atoms with E-state index in [0.717, 1.165) is 31.2 Å². The van der Waals surface area contributed by atoms with Gasteiger partial charge >= 0.3 is 0 Å². The molecule has 1 N–H and O–H groups in total. The summed E-state index contributed by atoms with van der Waals surface area (Å²) in [6.45, 7) is 2.20. The molecule has 0 aromatic heterocycles. The number of nitrogens with one attached hydrogen (secondary N) is 1. The Morgan fingerprint density at radius 1 is 1.05 bits per heavy atom. The van der Waals surface area contributed by atoms with Crippen molar-refractivity contribution in [3.8, 4) is 5.75 Å². The van der Waals surface area contributed by atoms with Crippen LogP contribution in [0.1, 0.15) is 18.4 Å². The maximum atomic E-state index is 5.31. The zero-order valence-electron chi connectivity index (χ0n) is 13.2. The lowest BCUT2D eigenvalue weighted by atomic mass is 9.90. The molecule has 1 heterocycles. The van der Waals surface area contributed by atoms with Gasteiger partial charge in [0.1, 0.15) is 5.75 Å². The molecule has 22 heavy (non-hydrogen) atoms. The highest BCUT2D eigenvalue weighted by molar-refractivity contribution is 5.41. The highest BCUT2D eigenvalue weighted by Crippen LogP contribution is 2.24. The summed E-state index contributed by atoms with van der Waals surface area (Å²) in [5.41, 5.74) is 6.05. The Bertz CT molecular complexity index is 577. The van der Waals surface area contributed by atoms with Crippen LogP contribution < -0.4 is 10.2 Å². The van der Waals surface area contributed by atoms with Gasteiger partial charge in [0.25, 0.3) is 0 Å². The minimum atomic E-state index is 0.765. The van der Waals surface area contributed by atoms with Gasteiger partial charge in [0, 0.05) is 18.8 Å². The van der Waals surface area contributed by atoms with Crippen molar-refractivity contribution in [1.29, 1.82) is 0 Å². The van der Waals surface area contributed by atoms with Crippen LogP contribution in [0.2, 0.25) is 0 Å². The van der Waals surface area contributed by atoms with Crippen molar-refractivity contribution in [2.24, 2.45) is 5.92 Å². The highest BCUT2D eigenvalue weighted by atomic mass is 16.5. The lowest BCUT2D eigenvalue weighted by Gasteiger charge is -2.32. The van der Waals surface area contributed by atoms with E-state index in [-0.39, 0.29) is 0 Å². The first-order valence-electron chi connectivity index (χ1n) is 8.03. The monoisotopic (exact) mass is 296 g/mol. The van der Waals surface area contributed by atoms with Gasteiger partial charge in [-0.05, 0) is 55.0 Å². The van der Waals surface area contributed by atoms with Crippen LogP contribution in [0.5, 0.6) is 5.75 Å². The molecular formula is C19H24N2O. The summed E-state index contributed by atoms with van der Waals surface area (Å²) in [5.74, 6) is 1.72. The fourth-order valence-electron chi connectivity index (χ4n) is 3.08. The molecule has 1 fully saturated rings. The quantitative estimate of drug-likeness (QED) is 0.903. The molecule has 3 rings (SSSR count). The Hall–Kier alpha value is -2.00. The summed E-state index contributed by atoms with van der Waals surface area (Å²) in [6.07, 6.45) is 3.62. The molecule has 0 amide bonds. The van der Waals surface area contributed by atoms with Crippen LogP contribution in [0, 0.1) is 5.92 Å². The second kappa shape index (κ2) is 7.32. The molecule has 116 valence electrons. The van der Waals surface area contributed by atoms with Crippen molar-refractivity contribution in [1.82, 2.24) is 5.01 Å². The van der Waals surface area contributed by atoms with Crippen molar-refractivity contribution in [3.05, 3.63) is 60.2 Å². The molecule has 1 aliphatic heterocycles. The number of rotatable bonds is 5. The SMILES string of the molecule is COc1cccc(CC2CCN(Nc3ccccc3)CC2)c1. The summed E-state index contributed by atoms with van der Waals surface area (Å²) in [5, 5.41) is 2.33. The Labute approximate surface area is 132 Å². The van der Waals surface area contributed by atoms with E-state index in [0.29, 0.717) is 0 Å². The number of benzene rings is 2. The van der Waals surface area contributed by atoms with Gasteiger partial charge in [0.15, 0.2) is 0 Å². The molecule has 3 heteroatoms. The first-order chi connectivity index (χ1) is 10.8. The fourth-order valence-corrected chi connectivity index (χ4v) is 3.08. The predicted octanol–water partition coefficient (Wildman–Crippen LogP) is 3.98. The molecule has 2 aromatic rings. The maximum Gasteiger partial charge on any atom is 0.119 e. The molecule has 1 saturated heterocycles. The first kappa shape index (κ1) is 14.9. The van der Waals surface area contributed by atoms with Gasteiger partial charge in [-0.15, -0.1) is 0 Å². The zero-order valence-corrected chi connectivity index (χ0v) is 13.2. The van der Waals surface area contributed by atoms with E-state index in [1.165, 1.54) is 24.1 Å². The third-order valence-electron chi connectivity index (χ3n) is 4.33. The highest BCUT2D eigenvalue weighted by Gasteiger charge is 2.19. The van der Waals surface area contributed by atoms with Crippen LogP contribution in [-0.4, -0.2) is 25.2 Å². The number of para-hydroxylation sites is 1. The summed E-state index contributed by atoms with van der Waals surface area (Å²) >= 11 is 0. The number of ether oxygens (including phenoxy) is 1. The van der Waals surface area contributed by atoms with Crippen molar-refractivity contribution >= 4 is 5.69 Å². The molecule has 0 radical (unpaired) electrons. The number of hydrazine groups is 1. The topological polar surface area (TPSA) is 24.5 Å². The van der Waals surface area contributed by atoms with Crippen LogP contribution in [0.4, 0.5) is 5.69 Å². The number of anilines is 1. The molecule has 0 atom stereocenters. The Morgan fingerprint density at radius 3 is 2.55 bits per heavy atom. The number of nitrogens with zero attached hydrogens (tertiary/aromatic N) is 1. The third kappa shape index (κ3) is 4.01. The number of piperidine rings is 1. The lowest BCUT2D eigenvalue weighted by Crippen LogP contribution is -2.38. The second-order valence-electron chi connectivity index (χ2n) is 5.96. The molecule has 0 saturated carbocycles. The molecule has 0 aliphatic carbocycles.